The summed E-state index contributed by atoms with van der Waals surface area (Å²) in [5.41, 5.74) is 0.424. The number of aliphatic carboxylic acids is 1. The van der Waals surface area contributed by atoms with Crippen LogP contribution < -0.4 is 0 Å². The fourth-order valence-corrected chi connectivity index (χ4v) is 3.46. The van der Waals surface area contributed by atoms with Gasteiger partial charge in [-0.1, -0.05) is 13.0 Å². The van der Waals surface area contributed by atoms with Crippen molar-refractivity contribution in [1.82, 2.24) is 4.31 Å². The van der Waals surface area contributed by atoms with Gasteiger partial charge in [-0.05, 0) is 24.6 Å². The van der Waals surface area contributed by atoms with Gasteiger partial charge in [-0.25, -0.2) is 17.5 Å². The van der Waals surface area contributed by atoms with E-state index in [1.165, 1.54) is 46.2 Å². The third kappa shape index (κ3) is 3.63. The Bertz CT molecular complexity index is 683. The molecule has 1 atom stereocenters. The molecule has 0 bridgehead atoms. The molecule has 0 radical (unpaired) electrons. The Morgan fingerprint density at radius 2 is 1.95 bits per heavy atom. The molecule has 0 aliphatic carbocycles. The van der Waals surface area contributed by atoms with Crippen LogP contribution in [0.4, 0.5) is 0 Å². The van der Waals surface area contributed by atoms with Crippen molar-refractivity contribution >= 4 is 22.0 Å². The van der Waals surface area contributed by atoms with Crippen molar-refractivity contribution < 1.29 is 27.9 Å². The Labute approximate surface area is 129 Å². The van der Waals surface area contributed by atoms with E-state index in [2.05, 4.69) is 4.74 Å². The molecule has 0 heterocycles. The molecule has 0 saturated carbocycles. The first-order chi connectivity index (χ1) is 10.1. The molecule has 0 aliphatic rings. The quantitative estimate of drug-likeness (QED) is 0.785. The molecule has 0 saturated heterocycles. The van der Waals surface area contributed by atoms with Crippen LogP contribution in [0.25, 0.3) is 0 Å². The minimum Gasteiger partial charge on any atom is -0.481 e. The minimum atomic E-state index is -3.90. The zero-order valence-corrected chi connectivity index (χ0v) is 13.7. The number of hydrogen-bond acceptors (Lipinski definition) is 5. The van der Waals surface area contributed by atoms with Gasteiger partial charge in [0.05, 0.1) is 23.5 Å². The van der Waals surface area contributed by atoms with Crippen LogP contribution >= 0.6 is 0 Å². The number of rotatable bonds is 6. The number of methoxy groups -OCH3 is 1. The molecule has 0 spiro atoms. The summed E-state index contributed by atoms with van der Waals surface area (Å²) < 4.78 is 30.7. The Morgan fingerprint density at radius 1 is 1.36 bits per heavy atom. The van der Waals surface area contributed by atoms with Gasteiger partial charge in [0.1, 0.15) is 0 Å². The molecule has 0 amide bonds. The maximum absolute atomic E-state index is 12.6. The van der Waals surface area contributed by atoms with Crippen LogP contribution in [0.3, 0.4) is 0 Å². The molecule has 22 heavy (non-hydrogen) atoms. The lowest BCUT2D eigenvalue weighted by Gasteiger charge is -2.21. The Balaban J connectivity index is 3.24. The van der Waals surface area contributed by atoms with Gasteiger partial charge >= 0.3 is 11.9 Å². The number of carboxylic acid groups (broad SMARTS) is 1. The van der Waals surface area contributed by atoms with Gasteiger partial charge in [0, 0.05) is 13.6 Å². The normalized spacial score (nSPS) is 13.0. The van der Waals surface area contributed by atoms with Crippen LogP contribution in [-0.4, -0.2) is 50.5 Å². The van der Waals surface area contributed by atoms with Gasteiger partial charge in [0.2, 0.25) is 10.0 Å². The van der Waals surface area contributed by atoms with Gasteiger partial charge in [-0.3, -0.25) is 4.79 Å². The number of esters is 1. The van der Waals surface area contributed by atoms with Crippen molar-refractivity contribution in [2.24, 2.45) is 5.92 Å². The number of sulfonamides is 1. The molecule has 1 aromatic carbocycles. The minimum absolute atomic E-state index is 0.0458. The SMILES string of the molecule is COC(=O)c1cccc(S(=O)(=O)N(C)CC(C)C(=O)O)c1C. The first-order valence-corrected chi connectivity index (χ1v) is 7.94. The summed E-state index contributed by atoms with van der Waals surface area (Å²) in [6, 6.07) is 4.29. The van der Waals surface area contributed by atoms with E-state index in [0.29, 0.717) is 0 Å². The Hall–Kier alpha value is -1.93. The number of carbonyl (C=O) groups excluding carboxylic acids is 1. The molecule has 1 unspecified atom stereocenters. The highest BCUT2D eigenvalue weighted by atomic mass is 32.2. The number of nitrogens with zero attached hydrogens (tertiary/aromatic N) is 1. The van der Waals surface area contributed by atoms with Crippen LogP contribution in [0.1, 0.15) is 22.8 Å². The highest BCUT2D eigenvalue weighted by Crippen LogP contribution is 2.23. The van der Waals surface area contributed by atoms with Gasteiger partial charge in [-0.2, -0.15) is 0 Å². The summed E-state index contributed by atoms with van der Waals surface area (Å²) in [6.07, 6.45) is 0. The van der Waals surface area contributed by atoms with Crippen LogP contribution in [-0.2, 0) is 19.6 Å². The van der Waals surface area contributed by atoms with E-state index < -0.39 is 27.9 Å². The summed E-state index contributed by atoms with van der Waals surface area (Å²) in [7, 11) is -1.38. The molecular weight excluding hydrogens is 310 g/mol. The Kier molecular flexibility index (Phi) is 5.67. The monoisotopic (exact) mass is 329 g/mol. The standard InChI is InChI=1S/C14H19NO6S/c1-9(13(16)17)8-15(3)22(19,20)12-7-5-6-11(10(12)2)14(18)21-4/h5-7,9H,8H2,1-4H3,(H,16,17). The summed E-state index contributed by atoms with van der Waals surface area (Å²) >= 11 is 0. The maximum Gasteiger partial charge on any atom is 0.338 e. The molecular formula is C14H19NO6S. The summed E-state index contributed by atoms with van der Waals surface area (Å²) in [4.78, 5) is 22.5. The molecule has 1 rings (SSSR count). The number of carboxylic acids is 1. The van der Waals surface area contributed by atoms with Gasteiger partial charge < -0.3 is 9.84 Å². The van der Waals surface area contributed by atoms with Crippen molar-refractivity contribution in [3.8, 4) is 0 Å². The molecule has 0 fully saturated rings. The highest BCUT2D eigenvalue weighted by Gasteiger charge is 2.27. The molecule has 8 heteroatoms. The molecule has 7 nitrogen and oxygen atoms in total. The second-order valence-electron chi connectivity index (χ2n) is 4.95. The van der Waals surface area contributed by atoms with Crippen LogP contribution in [0, 0.1) is 12.8 Å². The first-order valence-electron chi connectivity index (χ1n) is 6.50. The third-order valence-corrected chi connectivity index (χ3v) is 5.30. The van der Waals surface area contributed by atoms with Gasteiger partial charge in [-0.15, -0.1) is 0 Å². The largest absolute Gasteiger partial charge is 0.481 e. The lowest BCUT2D eigenvalue weighted by atomic mass is 10.1. The van der Waals surface area contributed by atoms with Crippen molar-refractivity contribution in [3.05, 3.63) is 29.3 Å². The lowest BCUT2D eigenvalue weighted by molar-refractivity contribution is -0.141. The predicted molar refractivity (Wildman–Crippen MR) is 79.1 cm³/mol. The van der Waals surface area contributed by atoms with E-state index in [0.717, 1.165) is 4.31 Å². The molecule has 0 aliphatic heterocycles. The highest BCUT2D eigenvalue weighted by molar-refractivity contribution is 7.89. The fraction of sp³-hybridized carbons (Fsp3) is 0.429. The average molecular weight is 329 g/mol. The van der Waals surface area contributed by atoms with Gasteiger partial charge in [0.15, 0.2) is 0 Å². The average Bonchev–Trinajstić information content (AvgIpc) is 2.46. The van der Waals surface area contributed by atoms with Gasteiger partial charge in [0.25, 0.3) is 0 Å². The molecule has 0 aromatic heterocycles. The van der Waals surface area contributed by atoms with Crippen LogP contribution in [0.2, 0.25) is 0 Å². The van der Waals surface area contributed by atoms with Crippen LogP contribution in [0.5, 0.6) is 0 Å². The topological polar surface area (TPSA) is 101 Å². The van der Waals surface area contributed by atoms with E-state index in [-0.39, 0.29) is 22.6 Å². The smallest absolute Gasteiger partial charge is 0.338 e. The van der Waals surface area contributed by atoms with Crippen LogP contribution in [0.15, 0.2) is 23.1 Å². The van der Waals surface area contributed by atoms with Crippen molar-refractivity contribution in [1.29, 1.82) is 0 Å². The Morgan fingerprint density at radius 3 is 2.45 bits per heavy atom. The lowest BCUT2D eigenvalue weighted by Crippen LogP contribution is -2.34. The number of carbonyl (C=O) groups is 2. The zero-order valence-electron chi connectivity index (χ0n) is 12.9. The van der Waals surface area contributed by atoms with E-state index >= 15 is 0 Å². The van der Waals surface area contributed by atoms with E-state index in [4.69, 9.17) is 5.11 Å². The third-order valence-electron chi connectivity index (χ3n) is 3.33. The maximum atomic E-state index is 12.6. The molecule has 122 valence electrons. The summed E-state index contributed by atoms with van der Waals surface area (Å²) in [5, 5.41) is 8.89. The molecule has 1 aromatic rings. The zero-order chi connectivity index (χ0) is 17.1. The number of hydrogen-bond donors (Lipinski definition) is 1. The van der Waals surface area contributed by atoms with E-state index in [1.807, 2.05) is 0 Å². The number of ether oxygens (including phenoxy) is 1. The first kappa shape index (κ1) is 18.1. The molecule has 1 N–H and O–H groups in total. The second-order valence-corrected chi connectivity index (χ2v) is 6.96. The predicted octanol–water partition coefficient (Wildman–Crippen LogP) is 1.12. The summed E-state index contributed by atoms with van der Waals surface area (Å²) in [6.45, 7) is 2.76. The number of benzene rings is 1. The van der Waals surface area contributed by atoms with Crippen molar-refractivity contribution in [2.45, 2.75) is 18.7 Å². The fourth-order valence-electron chi connectivity index (χ4n) is 1.95. The van der Waals surface area contributed by atoms with Crippen molar-refractivity contribution in [2.75, 3.05) is 20.7 Å². The van der Waals surface area contributed by atoms with E-state index in [9.17, 15) is 18.0 Å². The summed E-state index contributed by atoms with van der Waals surface area (Å²) in [5.74, 6) is -2.55. The van der Waals surface area contributed by atoms with E-state index in [1.54, 1.807) is 0 Å². The second kappa shape index (κ2) is 6.89. The van der Waals surface area contributed by atoms with Crippen molar-refractivity contribution in [3.63, 3.8) is 0 Å².